The van der Waals surface area contributed by atoms with Gasteiger partial charge >= 0.3 is 0 Å². The second-order valence-corrected chi connectivity index (χ2v) is 5.39. The second-order valence-electron chi connectivity index (χ2n) is 4.73. The van der Waals surface area contributed by atoms with E-state index in [0.717, 1.165) is 16.9 Å². The Morgan fingerprint density at radius 1 is 1.20 bits per heavy atom. The van der Waals surface area contributed by atoms with E-state index in [1.807, 2.05) is 49.4 Å². The fourth-order valence-electron chi connectivity index (χ4n) is 1.96. The van der Waals surface area contributed by atoms with E-state index in [0.29, 0.717) is 12.2 Å². The first-order chi connectivity index (χ1) is 9.58. The van der Waals surface area contributed by atoms with Crippen molar-refractivity contribution in [3.05, 3.63) is 65.2 Å². The maximum absolute atomic E-state index is 11.9. The molecule has 0 N–H and O–H groups in total. The van der Waals surface area contributed by atoms with E-state index in [1.54, 1.807) is 13.0 Å². The Morgan fingerprint density at radius 3 is 2.50 bits per heavy atom. The van der Waals surface area contributed by atoms with Crippen molar-refractivity contribution >= 4 is 17.4 Å². The number of halogens is 1. The topological polar surface area (TPSA) is 26.3 Å². The predicted molar refractivity (Wildman–Crippen MR) is 81.6 cm³/mol. The summed E-state index contributed by atoms with van der Waals surface area (Å²) in [5.74, 6) is 0.698. The van der Waals surface area contributed by atoms with Gasteiger partial charge in [-0.1, -0.05) is 30.3 Å². The van der Waals surface area contributed by atoms with Gasteiger partial charge in [0.05, 0.1) is 5.38 Å². The summed E-state index contributed by atoms with van der Waals surface area (Å²) in [6.07, 6.45) is 0. The highest BCUT2D eigenvalue weighted by Crippen LogP contribution is 2.20. The highest BCUT2D eigenvalue weighted by Gasteiger charge is 2.14. The third kappa shape index (κ3) is 3.61. The van der Waals surface area contributed by atoms with Crippen LogP contribution in [0.4, 0.5) is 0 Å². The first kappa shape index (κ1) is 14.6. The Bertz CT molecular complexity index is 591. The van der Waals surface area contributed by atoms with Crippen LogP contribution in [0.2, 0.25) is 0 Å². The quantitative estimate of drug-likeness (QED) is 0.603. The highest BCUT2D eigenvalue weighted by atomic mass is 35.5. The molecule has 1 unspecified atom stereocenters. The fourth-order valence-corrected chi connectivity index (χ4v) is 2.08. The zero-order valence-electron chi connectivity index (χ0n) is 11.6. The van der Waals surface area contributed by atoms with Gasteiger partial charge in [0.25, 0.3) is 0 Å². The number of hydrogen-bond acceptors (Lipinski definition) is 2. The minimum Gasteiger partial charge on any atom is -0.489 e. The molecule has 0 aromatic heterocycles. The van der Waals surface area contributed by atoms with Gasteiger partial charge in [0.15, 0.2) is 5.78 Å². The molecule has 3 heteroatoms. The number of ether oxygens (including phenoxy) is 1. The average Bonchev–Trinajstić information content (AvgIpc) is 2.45. The normalized spacial score (nSPS) is 11.9. The Morgan fingerprint density at radius 2 is 1.90 bits per heavy atom. The summed E-state index contributed by atoms with van der Waals surface area (Å²) < 4.78 is 5.72. The van der Waals surface area contributed by atoms with Crippen LogP contribution in [0, 0.1) is 6.92 Å². The third-order valence-electron chi connectivity index (χ3n) is 3.07. The van der Waals surface area contributed by atoms with Crippen LogP contribution in [0.5, 0.6) is 5.75 Å². The fraction of sp³-hybridized carbons (Fsp3) is 0.235. The monoisotopic (exact) mass is 288 g/mol. The van der Waals surface area contributed by atoms with Crippen LogP contribution in [-0.4, -0.2) is 11.2 Å². The minimum absolute atomic E-state index is 0.0567. The summed E-state index contributed by atoms with van der Waals surface area (Å²) in [6, 6.07) is 15.4. The molecule has 0 radical (unpaired) electrons. The lowest BCUT2D eigenvalue weighted by molar-refractivity contribution is 0.0991. The lowest BCUT2D eigenvalue weighted by Gasteiger charge is -2.10. The number of carbonyl (C=O) groups is 1. The molecule has 0 aliphatic heterocycles. The summed E-state index contributed by atoms with van der Waals surface area (Å²) in [7, 11) is 0. The zero-order chi connectivity index (χ0) is 14.5. The molecule has 0 fully saturated rings. The number of rotatable bonds is 5. The molecule has 2 rings (SSSR count). The van der Waals surface area contributed by atoms with E-state index in [2.05, 4.69) is 0 Å². The van der Waals surface area contributed by atoms with E-state index in [-0.39, 0.29) is 5.78 Å². The van der Waals surface area contributed by atoms with Gasteiger partial charge in [0.1, 0.15) is 12.4 Å². The Balaban J connectivity index is 2.08. The standard InChI is InChI=1S/C17H17ClO2/c1-12-10-15(8-9-16(12)17(19)13(2)18)20-11-14-6-4-3-5-7-14/h3-10,13H,11H2,1-2H3. The molecule has 0 aliphatic rings. The van der Waals surface area contributed by atoms with Crippen molar-refractivity contribution in [2.75, 3.05) is 0 Å². The van der Waals surface area contributed by atoms with Gasteiger partial charge < -0.3 is 4.74 Å². The van der Waals surface area contributed by atoms with Crippen LogP contribution in [0.1, 0.15) is 28.4 Å². The molecule has 0 bridgehead atoms. The van der Waals surface area contributed by atoms with Crippen molar-refractivity contribution in [1.82, 2.24) is 0 Å². The summed E-state index contributed by atoms with van der Waals surface area (Å²) in [5.41, 5.74) is 2.65. The predicted octanol–water partition coefficient (Wildman–Crippen LogP) is 4.38. The van der Waals surface area contributed by atoms with Crippen LogP contribution < -0.4 is 4.74 Å². The first-order valence-corrected chi connectivity index (χ1v) is 6.97. The minimum atomic E-state index is -0.509. The molecular formula is C17H17ClO2. The number of hydrogen-bond donors (Lipinski definition) is 0. The maximum atomic E-state index is 11.9. The second kappa shape index (κ2) is 6.58. The van der Waals surface area contributed by atoms with Crippen molar-refractivity contribution in [1.29, 1.82) is 0 Å². The number of aryl methyl sites for hydroxylation is 1. The number of ketones is 1. The highest BCUT2D eigenvalue weighted by molar-refractivity contribution is 6.33. The van der Waals surface area contributed by atoms with E-state index in [1.165, 1.54) is 0 Å². The molecule has 0 aliphatic carbocycles. The van der Waals surface area contributed by atoms with Gasteiger partial charge in [-0.05, 0) is 43.2 Å². The van der Waals surface area contributed by atoms with E-state index in [9.17, 15) is 4.79 Å². The molecular weight excluding hydrogens is 272 g/mol. The Labute approximate surface area is 124 Å². The van der Waals surface area contributed by atoms with Crippen LogP contribution in [-0.2, 0) is 6.61 Å². The van der Waals surface area contributed by atoms with Crippen LogP contribution in [0.15, 0.2) is 48.5 Å². The summed E-state index contributed by atoms with van der Waals surface area (Å²) in [6.45, 7) is 4.09. The number of Topliss-reactive ketones (excluding diaryl/α,β-unsaturated/α-hetero) is 1. The van der Waals surface area contributed by atoms with Gasteiger partial charge in [-0.2, -0.15) is 0 Å². The molecule has 0 heterocycles. The van der Waals surface area contributed by atoms with Crippen molar-refractivity contribution in [2.24, 2.45) is 0 Å². The van der Waals surface area contributed by atoms with Gasteiger partial charge in [-0.15, -0.1) is 11.6 Å². The number of carbonyl (C=O) groups excluding carboxylic acids is 1. The van der Waals surface area contributed by atoms with E-state index in [4.69, 9.17) is 16.3 Å². The van der Waals surface area contributed by atoms with Gasteiger partial charge in [-0.25, -0.2) is 0 Å². The van der Waals surface area contributed by atoms with E-state index < -0.39 is 5.38 Å². The molecule has 2 aromatic carbocycles. The van der Waals surface area contributed by atoms with Crippen LogP contribution in [0.25, 0.3) is 0 Å². The molecule has 1 atom stereocenters. The van der Waals surface area contributed by atoms with Crippen LogP contribution >= 0.6 is 11.6 Å². The summed E-state index contributed by atoms with van der Waals surface area (Å²) in [4.78, 5) is 11.9. The van der Waals surface area contributed by atoms with Gasteiger partial charge in [0.2, 0.25) is 0 Å². The van der Waals surface area contributed by atoms with Crippen LogP contribution in [0.3, 0.4) is 0 Å². The van der Waals surface area contributed by atoms with Gasteiger partial charge in [0, 0.05) is 5.56 Å². The van der Waals surface area contributed by atoms with Crippen molar-refractivity contribution in [3.63, 3.8) is 0 Å². The van der Waals surface area contributed by atoms with Crippen molar-refractivity contribution in [3.8, 4) is 5.75 Å². The Kier molecular flexibility index (Phi) is 4.80. The lowest BCUT2D eigenvalue weighted by Crippen LogP contribution is -2.12. The van der Waals surface area contributed by atoms with E-state index >= 15 is 0 Å². The summed E-state index contributed by atoms with van der Waals surface area (Å²) >= 11 is 5.83. The largest absolute Gasteiger partial charge is 0.489 e. The number of benzene rings is 2. The third-order valence-corrected chi connectivity index (χ3v) is 3.27. The maximum Gasteiger partial charge on any atom is 0.180 e. The molecule has 0 spiro atoms. The molecule has 104 valence electrons. The Hall–Kier alpha value is -1.80. The SMILES string of the molecule is Cc1cc(OCc2ccccc2)ccc1C(=O)C(C)Cl. The van der Waals surface area contributed by atoms with Crippen molar-refractivity contribution < 1.29 is 9.53 Å². The molecule has 20 heavy (non-hydrogen) atoms. The molecule has 0 amide bonds. The van der Waals surface area contributed by atoms with Gasteiger partial charge in [-0.3, -0.25) is 4.79 Å². The molecule has 2 aromatic rings. The zero-order valence-corrected chi connectivity index (χ0v) is 12.4. The lowest BCUT2D eigenvalue weighted by atomic mass is 10.0. The molecule has 0 saturated carbocycles. The summed E-state index contributed by atoms with van der Waals surface area (Å²) in [5, 5.41) is -0.509. The smallest absolute Gasteiger partial charge is 0.180 e. The number of alkyl halides is 1. The average molecular weight is 289 g/mol. The molecule has 2 nitrogen and oxygen atoms in total. The van der Waals surface area contributed by atoms with Crippen molar-refractivity contribution in [2.45, 2.75) is 25.8 Å². The molecule has 0 saturated heterocycles. The first-order valence-electron chi connectivity index (χ1n) is 6.53.